The number of carbonyl (C=O) groups is 2. The highest BCUT2D eigenvalue weighted by Gasteiger charge is 2.17. The Morgan fingerprint density at radius 2 is 1.56 bits per heavy atom. The van der Waals surface area contributed by atoms with E-state index < -0.39 is 11.9 Å². The molecule has 1 fully saturated rings. The van der Waals surface area contributed by atoms with Crippen LogP contribution >= 0.6 is 0 Å². The Kier molecular flexibility index (Phi) is 7.72. The van der Waals surface area contributed by atoms with Gasteiger partial charge < -0.3 is 19.6 Å². The molecule has 0 aliphatic carbocycles. The van der Waals surface area contributed by atoms with Gasteiger partial charge in [-0.15, -0.1) is 0 Å². The number of hydrogen-bond acceptors (Lipinski definition) is 6. The van der Waals surface area contributed by atoms with Crippen LogP contribution in [0, 0.1) is 11.6 Å². The van der Waals surface area contributed by atoms with Crippen LogP contribution in [-0.2, 0) is 16.0 Å². The summed E-state index contributed by atoms with van der Waals surface area (Å²) in [5.41, 5.74) is 2.48. The Hall–Kier alpha value is -3.53. The molecule has 1 saturated heterocycles. The van der Waals surface area contributed by atoms with Gasteiger partial charge in [-0.05, 0) is 55.8 Å². The number of halogens is 2. The fourth-order valence-electron chi connectivity index (χ4n) is 3.50. The molecule has 0 bridgehead atoms. The van der Waals surface area contributed by atoms with E-state index in [9.17, 15) is 8.78 Å². The van der Waals surface area contributed by atoms with Crippen molar-refractivity contribution in [2.75, 3.05) is 37.6 Å². The van der Waals surface area contributed by atoms with Crippen molar-refractivity contribution < 1.29 is 33.1 Å². The summed E-state index contributed by atoms with van der Waals surface area (Å²) in [5.74, 6) is -4.15. The zero-order valence-electron chi connectivity index (χ0n) is 17.2. The lowest BCUT2D eigenvalue weighted by atomic mass is 10.1. The van der Waals surface area contributed by atoms with Gasteiger partial charge in [0.2, 0.25) is 0 Å². The smallest absolute Gasteiger partial charge is 0.414 e. The number of nitrogens with zero attached hydrogens (tertiary/aromatic N) is 3. The number of anilines is 1. The highest BCUT2D eigenvalue weighted by atomic mass is 19.1. The molecule has 170 valence electrons. The van der Waals surface area contributed by atoms with Crippen LogP contribution in [0.3, 0.4) is 0 Å². The highest BCUT2D eigenvalue weighted by molar-refractivity contribution is 6.27. The summed E-state index contributed by atoms with van der Waals surface area (Å²) in [6.07, 6.45) is 1.80. The van der Waals surface area contributed by atoms with E-state index in [1.807, 2.05) is 12.1 Å². The molecule has 0 spiro atoms. The SMILES string of the molecule is Fc1ccc(N2CCN(CCCc3noc4cc(F)ccc34)CC2)cc1.O=C(O)C(=O)O. The molecule has 4 rings (SSSR count). The molecule has 32 heavy (non-hydrogen) atoms. The summed E-state index contributed by atoms with van der Waals surface area (Å²) in [5, 5.41) is 19.8. The Morgan fingerprint density at radius 3 is 2.19 bits per heavy atom. The molecule has 2 heterocycles. The molecule has 0 amide bonds. The Labute approximate surface area is 182 Å². The van der Waals surface area contributed by atoms with Gasteiger partial charge in [0.1, 0.15) is 11.6 Å². The van der Waals surface area contributed by atoms with E-state index >= 15 is 0 Å². The van der Waals surface area contributed by atoms with Crippen LogP contribution in [0.4, 0.5) is 14.5 Å². The minimum absolute atomic E-state index is 0.199. The number of piperazine rings is 1. The molecule has 1 aliphatic heterocycles. The summed E-state index contributed by atoms with van der Waals surface area (Å²) in [4.78, 5) is 22.9. The molecule has 1 aromatic heterocycles. The van der Waals surface area contributed by atoms with Crippen molar-refractivity contribution >= 4 is 28.6 Å². The van der Waals surface area contributed by atoms with E-state index in [-0.39, 0.29) is 11.6 Å². The van der Waals surface area contributed by atoms with Gasteiger partial charge in [-0.2, -0.15) is 0 Å². The maximum absolute atomic E-state index is 13.2. The number of aryl methyl sites for hydroxylation is 1. The zero-order chi connectivity index (χ0) is 23.1. The summed E-state index contributed by atoms with van der Waals surface area (Å²) in [6, 6.07) is 11.2. The average molecular weight is 447 g/mol. The summed E-state index contributed by atoms with van der Waals surface area (Å²) in [7, 11) is 0. The van der Waals surface area contributed by atoms with Crippen LogP contribution in [0.25, 0.3) is 11.0 Å². The Balaban J connectivity index is 0.000000427. The van der Waals surface area contributed by atoms with Gasteiger partial charge in [-0.1, -0.05) is 5.16 Å². The van der Waals surface area contributed by atoms with Crippen molar-refractivity contribution in [1.29, 1.82) is 0 Å². The van der Waals surface area contributed by atoms with Crippen LogP contribution in [-0.4, -0.2) is 64.9 Å². The van der Waals surface area contributed by atoms with Gasteiger partial charge in [0.15, 0.2) is 5.58 Å². The molecular weight excluding hydrogens is 424 g/mol. The number of carboxylic acid groups (broad SMARTS) is 2. The van der Waals surface area contributed by atoms with E-state index in [1.54, 1.807) is 6.07 Å². The second-order valence-corrected chi connectivity index (χ2v) is 7.29. The largest absolute Gasteiger partial charge is 0.473 e. The third-order valence-electron chi connectivity index (χ3n) is 5.14. The van der Waals surface area contributed by atoms with Crippen LogP contribution in [0.1, 0.15) is 12.1 Å². The highest BCUT2D eigenvalue weighted by Crippen LogP contribution is 2.21. The number of rotatable bonds is 5. The molecular formula is C22H23F2N3O5. The van der Waals surface area contributed by atoms with Crippen LogP contribution in [0.5, 0.6) is 0 Å². The molecule has 8 nitrogen and oxygen atoms in total. The maximum Gasteiger partial charge on any atom is 0.414 e. The third-order valence-corrected chi connectivity index (χ3v) is 5.14. The normalized spacial score (nSPS) is 14.1. The average Bonchev–Trinajstić information content (AvgIpc) is 3.17. The molecule has 2 N–H and O–H groups in total. The first-order chi connectivity index (χ1) is 15.3. The summed E-state index contributed by atoms with van der Waals surface area (Å²) >= 11 is 0. The molecule has 3 aromatic rings. The minimum Gasteiger partial charge on any atom is -0.473 e. The van der Waals surface area contributed by atoms with Crippen molar-refractivity contribution in [3.05, 3.63) is 59.8 Å². The predicted octanol–water partition coefficient (Wildman–Crippen LogP) is 3.02. The molecule has 0 unspecified atom stereocenters. The first-order valence-corrected chi connectivity index (χ1v) is 10.1. The first kappa shape index (κ1) is 23.1. The number of aromatic nitrogens is 1. The molecule has 2 aromatic carbocycles. The van der Waals surface area contributed by atoms with Gasteiger partial charge >= 0.3 is 11.9 Å². The van der Waals surface area contributed by atoms with E-state index in [0.717, 1.165) is 62.3 Å². The minimum atomic E-state index is -1.82. The van der Waals surface area contributed by atoms with Crippen LogP contribution in [0.2, 0.25) is 0 Å². The first-order valence-electron chi connectivity index (χ1n) is 10.1. The van der Waals surface area contributed by atoms with Crippen LogP contribution in [0.15, 0.2) is 47.0 Å². The van der Waals surface area contributed by atoms with Crippen molar-refractivity contribution in [2.45, 2.75) is 12.8 Å². The molecule has 0 atom stereocenters. The van der Waals surface area contributed by atoms with Crippen molar-refractivity contribution in [1.82, 2.24) is 10.1 Å². The van der Waals surface area contributed by atoms with E-state index in [2.05, 4.69) is 15.0 Å². The maximum atomic E-state index is 13.2. The Morgan fingerprint density at radius 1 is 0.938 bits per heavy atom. The van der Waals surface area contributed by atoms with Crippen molar-refractivity contribution in [3.63, 3.8) is 0 Å². The van der Waals surface area contributed by atoms with Crippen molar-refractivity contribution in [2.24, 2.45) is 0 Å². The van der Waals surface area contributed by atoms with Gasteiger partial charge in [-0.25, -0.2) is 18.4 Å². The monoisotopic (exact) mass is 447 g/mol. The molecule has 1 aliphatic rings. The van der Waals surface area contributed by atoms with Gasteiger partial charge in [-0.3, -0.25) is 4.90 Å². The van der Waals surface area contributed by atoms with Crippen LogP contribution < -0.4 is 4.90 Å². The third kappa shape index (κ3) is 6.24. The van der Waals surface area contributed by atoms with Gasteiger partial charge in [0.25, 0.3) is 0 Å². The molecule has 10 heteroatoms. The topological polar surface area (TPSA) is 107 Å². The van der Waals surface area contributed by atoms with E-state index in [1.165, 1.54) is 24.3 Å². The second-order valence-electron chi connectivity index (χ2n) is 7.29. The van der Waals surface area contributed by atoms with E-state index in [0.29, 0.717) is 5.58 Å². The Bertz CT molecular complexity index is 1050. The lowest BCUT2D eigenvalue weighted by Crippen LogP contribution is -2.46. The fourth-order valence-corrected chi connectivity index (χ4v) is 3.50. The number of aliphatic carboxylic acids is 2. The van der Waals surface area contributed by atoms with Gasteiger partial charge in [0.05, 0.1) is 5.69 Å². The lowest BCUT2D eigenvalue weighted by molar-refractivity contribution is -0.159. The molecule has 0 radical (unpaired) electrons. The standard InChI is InChI=1S/C20H21F2N3O.C2H2O4/c21-15-3-6-17(7-4-15)25-12-10-24(11-13-25)9-1-2-19-18-8-5-16(22)14-20(18)26-23-19;3-1(4)2(5)6/h3-8,14H,1-2,9-13H2;(H,3,4)(H,5,6). The lowest BCUT2D eigenvalue weighted by Gasteiger charge is -2.36. The number of fused-ring (bicyclic) bond motifs is 1. The van der Waals surface area contributed by atoms with E-state index in [4.69, 9.17) is 24.3 Å². The summed E-state index contributed by atoms with van der Waals surface area (Å²) < 4.78 is 31.4. The summed E-state index contributed by atoms with van der Waals surface area (Å²) in [6.45, 7) is 4.85. The number of carboxylic acids is 2. The zero-order valence-corrected chi connectivity index (χ0v) is 17.2. The predicted molar refractivity (Wildman–Crippen MR) is 113 cm³/mol. The number of hydrogen-bond donors (Lipinski definition) is 2. The van der Waals surface area contributed by atoms with Gasteiger partial charge in [0, 0.05) is 43.3 Å². The number of benzene rings is 2. The quantitative estimate of drug-likeness (QED) is 0.575. The van der Waals surface area contributed by atoms with Crippen molar-refractivity contribution in [3.8, 4) is 0 Å². The fraction of sp³-hybridized carbons (Fsp3) is 0.318. The second kappa shape index (κ2) is 10.7. The molecule has 0 saturated carbocycles.